The van der Waals surface area contributed by atoms with E-state index < -0.39 is 0 Å². The van der Waals surface area contributed by atoms with Crippen molar-refractivity contribution >= 4 is 22.5 Å². The van der Waals surface area contributed by atoms with Gasteiger partial charge >= 0.3 is 0 Å². The quantitative estimate of drug-likeness (QED) is 0.674. The van der Waals surface area contributed by atoms with Gasteiger partial charge < -0.3 is 0 Å². The summed E-state index contributed by atoms with van der Waals surface area (Å²) in [6.07, 6.45) is 9.35. The van der Waals surface area contributed by atoms with E-state index in [0.29, 0.717) is 0 Å². The highest BCUT2D eigenvalue weighted by Crippen LogP contribution is 2.22. The third kappa shape index (κ3) is 5.31. The molecule has 0 fully saturated rings. The summed E-state index contributed by atoms with van der Waals surface area (Å²) < 4.78 is 0. The molecule has 0 spiro atoms. The van der Waals surface area contributed by atoms with Gasteiger partial charge in [0.2, 0.25) is 0 Å². The Kier molecular flexibility index (Phi) is 7.68. The zero-order valence-corrected chi connectivity index (χ0v) is 12.7. The highest BCUT2D eigenvalue weighted by molar-refractivity contribution is 8.16. The van der Waals surface area contributed by atoms with Crippen LogP contribution in [0.5, 0.6) is 0 Å². The Labute approximate surface area is 120 Å². The molecule has 1 aromatic rings. The minimum Gasteiger partial charge on any atom is -0.241 e. The molecule has 0 bridgehead atoms. The Morgan fingerprint density at radius 1 is 1.16 bits per heavy atom. The van der Waals surface area contributed by atoms with Gasteiger partial charge in [0.05, 0.1) is 5.70 Å². The second kappa shape index (κ2) is 9.40. The van der Waals surface area contributed by atoms with Crippen LogP contribution in [-0.2, 0) is 0 Å². The lowest BCUT2D eigenvalue weighted by atomic mass is 10.1. The van der Waals surface area contributed by atoms with Crippen molar-refractivity contribution in [1.29, 1.82) is 0 Å². The van der Waals surface area contributed by atoms with Crippen LogP contribution in [0.25, 0.3) is 5.70 Å². The van der Waals surface area contributed by atoms with Crippen molar-refractivity contribution in [2.75, 3.05) is 0 Å². The lowest BCUT2D eigenvalue weighted by molar-refractivity contribution is 1.38. The summed E-state index contributed by atoms with van der Waals surface area (Å²) in [7, 11) is 0. The highest BCUT2D eigenvalue weighted by Gasteiger charge is 2.03. The van der Waals surface area contributed by atoms with Crippen LogP contribution in [0.1, 0.15) is 32.8 Å². The smallest absolute Gasteiger partial charge is 0.101 e. The van der Waals surface area contributed by atoms with E-state index in [1.165, 1.54) is 5.56 Å². The molecule has 0 unspecified atom stereocenters. The maximum atomic E-state index is 4.69. The molecule has 0 aromatic heterocycles. The number of nitrogens with zero attached hydrogens (tertiary/aromatic N) is 1. The van der Waals surface area contributed by atoms with Crippen molar-refractivity contribution in [2.24, 2.45) is 4.99 Å². The van der Waals surface area contributed by atoms with Crippen molar-refractivity contribution in [3.63, 3.8) is 0 Å². The molecule has 0 saturated heterocycles. The van der Waals surface area contributed by atoms with Gasteiger partial charge in [-0.2, -0.15) is 0 Å². The van der Waals surface area contributed by atoms with Gasteiger partial charge in [-0.3, -0.25) is 0 Å². The minimum absolute atomic E-state index is 0.938. The fraction of sp³-hybridized carbons (Fsp3) is 0.235. The van der Waals surface area contributed by atoms with Crippen molar-refractivity contribution in [2.45, 2.75) is 27.2 Å². The van der Waals surface area contributed by atoms with Crippen molar-refractivity contribution in [3.8, 4) is 0 Å². The van der Waals surface area contributed by atoms with Crippen LogP contribution >= 0.6 is 11.8 Å². The van der Waals surface area contributed by atoms with E-state index in [9.17, 15) is 0 Å². The van der Waals surface area contributed by atoms with Crippen molar-refractivity contribution < 1.29 is 0 Å². The molecule has 0 aliphatic carbocycles. The predicted octanol–water partition coefficient (Wildman–Crippen LogP) is 5.68. The standard InChI is InChI=1S/C15H15NS.C2H6/c1-2-12-17-15-11-7-6-10-14(16-15)13-8-4-3-5-9-13;1-2/h2-5,7-12H,6H2,1H3;1-2H3/b12-2-;. The fourth-order valence-electron chi connectivity index (χ4n) is 1.54. The normalized spacial score (nSPS) is 14.3. The Balaban J connectivity index is 0.000000861. The lowest BCUT2D eigenvalue weighted by Gasteiger charge is -2.02. The molecule has 0 N–H and O–H groups in total. The summed E-state index contributed by atoms with van der Waals surface area (Å²) in [5, 5.41) is 3.09. The Morgan fingerprint density at radius 2 is 1.89 bits per heavy atom. The van der Waals surface area contributed by atoms with Crippen LogP contribution in [0.2, 0.25) is 0 Å². The molecular weight excluding hydrogens is 250 g/mol. The van der Waals surface area contributed by atoms with E-state index >= 15 is 0 Å². The number of benzene rings is 1. The number of aliphatic imine (C=N–C) groups is 1. The van der Waals surface area contributed by atoms with Gasteiger partial charge in [0.1, 0.15) is 5.04 Å². The van der Waals surface area contributed by atoms with Crippen LogP contribution < -0.4 is 0 Å². The molecule has 1 nitrogen and oxygen atoms in total. The second-order valence-electron chi connectivity index (χ2n) is 3.63. The van der Waals surface area contributed by atoms with Crippen LogP contribution in [0, 0.1) is 0 Å². The number of hydrogen-bond acceptors (Lipinski definition) is 2. The highest BCUT2D eigenvalue weighted by atomic mass is 32.2. The van der Waals surface area contributed by atoms with Gasteiger partial charge in [-0.25, -0.2) is 4.99 Å². The third-order valence-corrected chi connectivity index (χ3v) is 3.21. The average Bonchev–Trinajstić information content (AvgIpc) is 2.74. The molecule has 0 amide bonds. The molecule has 1 aliphatic rings. The first-order valence-electron chi connectivity index (χ1n) is 6.69. The Bertz CT molecular complexity index is 481. The SMILES string of the molecule is C/C=C\SC1=NC(c2ccccc2)=CCC=C1.CC. The van der Waals surface area contributed by atoms with E-state index in [2.05, 4.69) is 40.8 Å². The average molecular weight is 271 g/mol. The van der Waals surface area contributed by atoms with Crippen LogP contribution in [0.3, 0.4) is 0 Å². The van der Waals surface area contributed by atoms with Crippen LogP contribution in [0.15, 0.2) is 65.0 Å². The van der Waals surface area contributed by atoms with Gasteiger partial charge in [-0.15, -0.1) is 0 Å². The first-order chi connectivity index (χ1) is 9.40. The van der Waals surface area contributed by atoms with E-state index in [-0.39, 0.29) is 0 Å². The zero-order valence-electron chi connectivity index (χ0n) is 11.8. The van der Waals surface area contributed by atoms with E-state index in [1.807, 2.05) is 45.0 Å². The van der Waals surface area contributed by atoms with Crippen LogP contribution in [-0.4, -0.2) is 5.04 Å². The van der Waals surface area contributed by atoms with E-state index in [0.717, 1.165) is 17.2 Å². The molecule has 2 rings (SSSR count). The van der Waals surface area contributed by atoms with E-state index in [1.54, 1.807) is 11.8 Å². The molecule has 0 atom stereocenters. The summed E-state index contributed by atoms with van der Waals surface area (Å²) >= 11 is 1.65. The van der Waals surface area contributed by atoms with Crippen molar-refractivity contribution in [1.82, 2.24) is 0 Å². The van der Waals surface area contributed by atoms with Crippen LogP contribution in [0.4, 0.5) is 0 Å². The first-order valence-corrected chi connectivity index (χ1v) is 7.57. The zero-order chi connectivity index (χ0) is 13.9. The molecular formula is C17H21NS. The summed E-state index contributed by atoms with van der Waals surface area (Å²) in [5.41, 5.74) is 2.23. The van der Waals surface area contributed by atoms with Gasteiger partial charge in [0, 0.05) is 0 Å². The van der Waals surface area contributed by atoms with Gasteiger partial charge in [-0.1, -0.05) is 74.2 Å². The molecule has 2 heteroatoms. The summed E-state index contributed by atoms with van der Waals surface area (Å²) in [6.45, 7) is 6.02. The van der Waals surface area contributed by atoms with E-state index in [4.69, 9.17) is 0 Å². The maximum absolute atomic E-state index is 4.69. The largest absolute Gasteiger partial charge is 0.241 e. The minimum atomic E-state index is 0.938. The Morgan fingerprint density at radius 3 is 2.58 bits per heavy atom. The third-order valence-electron chi connectivity index (χ3n) is 2.33. The number of allylic oxidation sites excluding steroid dienone is 3. The molecule has 0 radical (unpaired) electrons. The molecule has 0 saturated carbocycles. The molecule has 100 valence electrons. The second-order valence-corrected chi connectivity index (χ2v) is 4.56. The molecule has 1 heterocycles. The topological polar surface area (TPSA) is 12.4 Å². The Hall–Kier alpha value is -1.54. The number of rotatable bonds is 2. The van der Waals surface area contributed by atoms with Crippen molar-refractivity contribution in [3.05, 3.63) is 65.6 Å². The summed E-state index contributed by atoms with van der Waals surface area (Å²) in [4.78, 5) is 4.69. The summed E-state index contributed by atoms with van der Waals surface area (Å²) in [5.74, 6) is 0. The summed E-state index contributed by atoms with van der Waals surface area (Å²) in [6, 6.07) is 10.3. The molecule has 1 aromatic carbocycles. The van der Waals surface area contributed by atoms with Gasteiger partial charge in [-0.05, 0) is 30.4 Å². The molecule has 1 aliphatic heterocycles. The number of hydrogen-bond donors (Lipinski definition) is 0. The van der Waals surface area contributed by atoms with Gasteiger partial charge in [0.25, 0.3) is 0 Å². The lowest BCUT2D eigenvalue weighted by Crippen LogP contribution is -1.86. The monoisotopic (exact) mass is 271 g/mol. The van der Waals surface area contributed by atoms with Gasteiger partial charge in [0.15, 0.2) is 0 Å². The maximum Gasteiger partial charge on any atom is 0.101 e. The first kappa shape index (κ1) is 15.5. The number of thioether (sulfide) groups is 1. The fourth-order valence-corrected chi connectivity index (χ4v) is 2.15. The molecule has 19 heavy (non-hydrogen) atoms. The predicted molar refractivity (Wildman–Crippen MR) is 89.4 cm³/mol.